The summed E-state index contributed by atoms with van der Waals surface area (Å²) in [6.45, 7) is 1.77. The van der Waals surface area contributed by atoms with E-state index in [1.54, 1.807) is 19.1 Å². The van der Waals surface area contributed by atoms with Gasteiger partial charge in [-0.15, -0.1) is 0 Å². The molecule has 1 aromatic heterocycles. The lowest BCUT2D eigenvalue weighted by Crippen LogP contribution is -2.15. The minimum Gasteiger partial charge on any atom is -0.358 e. The summed E-state index contributed by atoms with van der Waals surface area (Å²) in [7, 11) is 0. The van der Waals surface area contributed by atoms with Gasteiger partial charge in [-0.25, -0.2) is 20.2 Å². The third-order valence-electron chi connectivity index (χ3n) is 2.86. The third-order valence-corrected chi connectivity index (χ3v) is 2.86. The lowest BCUT2D eigenvalue weighted by Gasteiger charge is -2.15. The van der Waals surface area contributed by atoms with Gasteiger partial charge in [0.05, 0.1) is 11.0 Å². The Labute approximate surface area is 119 Å². The maximum Gasteiger partial charge on any atom is 0.354 e. The average Bonchev–Trinajstić information content (AvgIpc) is 2.47. The highest BCUT2D eigenvalue weighted by molar-refractivity contribution is 5.69. The fraction of sp³-hybridized carbons (Fsp3) is 0.167. The number of aromatic nitrogens is 2. The first-order valence-corrected chi connectivity index (χ1v) is 6.01. The summed E-state index contributed by atoms with van der Waals surface area (Å²) in [6.07, 6.45) is 1.15. The van der Waals surface area contributed by atoms with Gasteiger partial charge < -0.3 is 10.7 Å². The van der Waals surface area contributed by atoms with Crippen molar-refractivity contribution in [3.05, 3.63) is 52.1 Å². The number of nitrogens with two attached hydrogens (primary N) is 1. The molecule has 2 rings (SSSR count). The molecule has 0 aliphatic rings. The number of nitro groups is 1. The highest BCUT2D eigenvalue weighted by Crippen LogP contribution is 2.30. The van der Waals surface area contributed by atoms with Crippen LogP contribution in [0.5, 0.6) is 0 Å². The van der Waals surface area contributed by atoms with Crippen molar-refractivity contribution in [3.63, 3.8) is 0 Å². The molecule has 0 bridgehead atoms. The van der Waals surface area contributed by atoms with Gasteiger partial charge >= 0.3 is 5.69 Å². The van der Waals surface area contributed by atoms with Crippen molar-refractivity contribution < 1.29 is 9.31 Å². The van der Waals surface area contributed by atoms with Crippen molar-refractivity contribution in [3.8, 4) is 0 Å². The monoisotopic (exact) mass is 292 g/mol. The van der Waals surface area contributed by atoms with Crippen LogP contribution in [0.15, 0.2) is 30.6 Å². The van der Waals surface area contributed by atoms with Gasteiger partial charge in [-0.2, -0.15) is 0 Å². The van der Waals surface area contributed by atoms with E-state index in [-0.39, 0.29) is 29.2 Å². The molecule has 4 N–H and O–H groups in total. The van der Waals surface area contributed by atoms with Crippen molar-refractivity contribution in [1.29, 1.82) is 0 Å². The molecule has 0 radical (unpaired) electrons. The first-order valence-electron chi connectivity index (χ1n) is 6.01. The lowest BCUT2D eigenvalue weighted by molar-refractivity contribution is -0.383. The maximum atomic E-state index is 12.9. The quantitative estimate of drug-likeness (QED) is 0.438. The number of halogens is 1. The fourth-order valence-electron chi connectivity index (χ4n) is 1.80. The summed E-state index contributed by atoms with van der Waals surface area (Å²) >= 11 is 0. The number of hydrogen-bond acceptors (Lipinski definition) is 7. The molecule has 9 heteroatoms. The molecule has 0 spiro atoms. The normalized spacial score (nSPS) is 11.8. The molecule has 0 amide bonds. The first kappa shape index (κ1) is 14.6. The molecule has 8 nitrogen and oxygen atoms in total. The van der Waals surface area contributed by atoms with E-state index in [2.05, 4.69) is 20.7 Å². The molecule has 2 aromatic rings. The maximum absolute atomic E-state index is 12.9. The van der Waals surface area contributed by atoms with Crippen LogP contribution in [0.4, 0.5) is 21.7 Å². The van der Waals surface area contributed by atoms with Crippen molar-refractivity contribution >= 4 is 17.3 Å². The second-order valence-electron chi connectivity index (χ2n) is 4.24. The highest BCUT2D eigenvalue weighted by atomic mass is 19.1. The predicted molar refractivity (Wildman–Crippen MR) is 74.9 cm³/mol. The highest BCUT2D eigenvalue weighted by Gasteiger charge is 2.23. The number of nitrogens with one attached hydrogen (secondary N) is 2. The Morgan fingerprint density at radius 3 is 2.48 bits per heavy atom. The lowest BCUT2D eigenvalue weighted by atomic mass is 10.1. The molecule has 1 aromatic carbocycles. The molecule has 21 heavy (non-hydrogen) atoms. The number of rotatable bonds is 5. The van der Waals surface area contributed by atoms with Crippen molar-refractivity contribution in [2.75, 3.05) is 10.7 Å². The van der Waals surface area contributed by atoms with Gasteiger partial charge in [0.1, 0.15) is 12.1 Å². The van der Waals surface area contributed by atoms with Gasteiger partial charge in [-0.05, 0) is 24.6 Å². The fourth-order valence-corrected chi connectivity index (χ4v) is 1.80. The van der Waals surface area contributed by atoms with Gasteiger partial charge in [-0.1, -0.05) is 12.1 Å². The Kier molecular flexibility index (Phi) is 4.24. The van der Waals surface area contributed by atoms with E-state index in [9.17, 15) is 14.5 Å². The molecule has 1 atom stereocenters. The molecule has 1 unspecified atom stereocenters. The first-order chi connectivity index (χ1) is 10.0. The van der Waals surface area contributed by atoms with Gasteiger partial charge in [-0.3, -0.25) is 10.1 Å². The van der Waals surface area contributed by atoms with Crippen LogP contribution in [0.1, 0.15) is 18.5 Å². The van der Waals surface area contributed by atoms with E-state index >= 15 is 0 Å². The van der Waals surface area contributed by atoms with Crippen LogP contribution >= 0.6 is 0 Å². The minimum atomic E-state index is -0.630. The number of hydrazine groups is 1. The van der Waals surface area contributed by atoms with Gasteiger partial charge in [0.2, 0.25) is 11.6 Å². The van der Waals surface area contributed by atoms with Gasteiger partial charge in [0, 0.05) is 0 Å². The largest absolute Gasteiger partial charge is 0.358 e. The van der Waals surface area contributed by atoms with Crippen LogP contribution in [0.25, 0.3) is 0 Å². The molecule has 0 saturated carbocycles. The predicted octanol–water partition coefficient (Wildman–Crippen LogP) is 1.98. The zero-order valence-electron chi connectivity index (χ0n) is 11.1. The topological polar surface area (TPSA) is 119 Å². The van der Waals surface area contributed by atoms with Crippen LogP contribution in [0.2, 0.25) is 0 Å². The van der Waals surface area contributed by atoms with E-state index in [1.807, 2.05) is 0 Å². The Morgan fingerprint density at radius 2 is 1.90 bits per heavy atom. The molecule has 0 aliphatic carbocycles. The SMILES string of the molecule is CC(Nc1ncnc(NN)c1[N+](=O)[O-])c1ccc(F)cc1. The number of hydrogen-bond donors (Lipinski definition) is 3. The Bertz CT molecular complexity index is 649. The number of nitrogens with zero attached hydrogens (tertiary/aromatic N) is 3. The Morgan fingerprint density at radius 1 is 1.29 bits per heavy atom. The summed E-state index contributed by atoms with van der Waals surface area (Å²) < 4.78 is 12.9. The van der Waals surface area contributed by atoms with E-state index in [0.29, 0.717) is 0 Å². The second kappa shape index (κ2) is 6.09. The summed E-state index contributed by atoms with van der Waals surface area (Å²) in [4.78, 5) is 18.0. The standard InChI is InChI=1S/C12H13FN6O2/c1-7(8-2-4-9(13)5-3-8)17-11-10(19(20)21)12(18-14)16-6-15-11/h2-7H,14H2,1H3,(H2,15,16,17,18). The van der Waals surface area contributed by atoms with Gasteiger partial charge in [0.15, 0.2) is 0 Å². The van der Waals surface area contributed by atoms with Crippen LogP contribution < -0.4 is 16.6 Å². The Balaban J connectivity index is 2.30. The molecular weight excluding hydrogens is 279 g/mol. The van der Waals surface area contributed by atoms with E-state index in [4.69, 9.17) is 5.84 Å². The molecule has 0 saturated heterocycles. The van der Waals surface area contributed by atoms with Crippen molar-refractivity contribution in [2.45, 2.75) is 13.0 Å². The summed E-state index contributed by atoms with van der Waals surface area (Å²) in [5.74, 6) is 4.78. The molecular formula is C12H13FN6O2. The van der Waals surface area contributed by atoms with Crippen LogP contribution in [0.3, 0.4) is 0 Å². The summed E-state index contributed by atoms with van der Waals surface area (Å²) in [5, 5.41) is 14.0. The summed E-state index contributed by atoms with van der Waals surface area (Å²) in [5.41, 5.74) is 2.56. The number of benzene rings is 1. The number of anilines is 2. The summed E-state index contributed by atoms with van der Waals surface area (Å²) in [6, 6.07) is 5.48. The number of nitrogen functional groups attached to an aromatic ring is 1. The average molecular weight is 292 g/mol. The van der Waals surface area contributed by atoms with Crippen molar-refractivity contribution in [2.24, 2.45) is 5.84 Å². The minimum absolute atomic E-state index is 0.0276. The van der Waals surface area contributed by atoms with Crippen molar-refractivity contribution in [1.82, 2.24) is 9.97 Å². The smallest absolute Gasteiger partial charge is 0.354 e. The third kappa shape index (κ3) is 3.20. The molecule has 0 fully saturated rings. The van der Waals surface area contributed by atoms with E-state index in [0.717, 1.165) is 11.9 Å². The van der Waals surface area contributed by atoms with E-state index in [1.165, 1.54) is 12.1 Å². The Hall–Kier alpha value is -2.81. The zero-order valence-corrected chi connectivity index (χ0v) is 11.1. The van der Waals surface area contributed by atoms with Crippen LogP contribution in [-0.2, 0) is 0 Å². The van der Waals surface area contributed by atoms with E-state index < -0.39 is 4.92 Å². The van der Waals surface area contributed by atoms with Gasteiger partial charge in [0.25, 0.3) is 0 Å². The molecule has 1 heterocycles. The van der Waals surface area contributed by atoms with Crippen LogP contribution in [0, 0.1) is 15.9 Å². The zero-order chi connectivity index (χ0) is 15.4. The second-order valence-corrected chi connectivity index (χ2v) is 4.24. The van der Waals surface area contributed by atoms with Crippen LogP contribution in [-0.4, -0.2) is 14.9 Å². The molecule has 0 aliphatic heterocycles. The molecule has 110 valence electrons.